The zero-order valence-corrected chi connectivity index (χ0v) is 28.7. The van der Waals surface area contributed by atoms with E-state index in [1.54, 1.807) is 19.9 Å². The quantitative estimate of drug-likeness (QED) is 0.250. The molecule has 0 radical (unpaired) electrons. The number of hydrogen-bond donors (Lipinski definition) is 2. The maximum Gasteiger partial charge on any atom is 0.697 e. The molecule has 262 valence electrons. The fourth-order valence-corrected chi connectivity index (χ4v) is 8.38. The van der Waals surface area contributed by atoms with E-state index in [1.807, 2.05) is 6.07 Å². The van der Waals surface area contributed by atoms with Gasteiger partial charge in [0.15, 0.2) is 23.6 Å². The van der Waals surface area contributed by atoms with Crippen molar-refractivity contribution in [2.24, 2.45) is 11.8 Å². The lowest BCUT2D eigenvalue weighted by molar-refractivity contribution is -0.118. The molecule has 2 saturated heterocycles. The van der Waals surface area contributed by atoms with Crippen molar-refractivity contribution in [3.8, 4) is 11.9 Å². The number of aromatic amines is 1. The van der Waals surface area contributed by atoms with Crippen molar-refractivity contribution < 1.29 is 45.8 Å². The van der Waals surface area contributed by atoms with E-state index in [9.17, 15) is 14.2 Å². The van der Waals surface area contributed by atoms with Gasteiger partial charge in [0, 0.05) is 35.1 Å². The summed E-state index contributed by atoms with van der Waals surface area (Å²) < 4.78 is 71.8. The first-order chi connectivity index (χ1) is 23.5. The molecule has 3 fully saturated rings. The minimum atomic E-state index is -3.84. The van der Waals surface area contributed by atoms with Crippen LogP contribution in [0.3, 0.4) is 0 Å². The van der Waals surface area contributed by atoms with Crippen LogP contribution in [0.15, 0.2) is 29.7 Å². The minimum absolute atomic E-state index is 0.0561. The normalized spacial score (nSPS) is 31.3. The van der Waals surface area contributed by atoms with Gasteiger partial charge < -0.3 is 18.5 Å². The number of hydrogen-bond acceptors (Lipinski definition) is 16. The van der Waals surface area contributed by atoms with Gasteiger partial charge >= 0.3 is 15.0 Å². The highest BCUT2D eigenvalue weighted by atomic mass is 32.5. The molecule has 49 heavy (non-hydrogen) atoms. The summed E-state index contributed by atoms with van der Waals surface area (Å²) in [6, 6.07) is 3.55. The SMILES string of the molecule is CC(C)C(=O)Nc1nc2c(ncn2[C@@H]2O[C@@H]3CO[P+](=O)O[C@H]4C[C@H](Oc5ccncn5)C[C@@H]4COP(=S)(OCCC#N)O[C@@H]2[C@@H]3F)c(=O)[nH]1. The highest BCUT2D eigenvalue weighted by Crippen LogP contribution is 2.56. The van der Waals surface area contributed by atoms with Crippen molar-refractivity contribution in [1.29, 1.82) is 5.26 Å². The van der Waals surface area contributed by atoms with Gasteiger partial charge in [0.25, 0.3) is 5.56 Å². The average Bonchev–Trinajstić information content (AvgIpc) is 3.75. The van der Waals surface area contributed by atoms with Gasteiger partial charge in [-0.15, -0.1) is 9.05 Å². The van der Waals surface area contributed by atoms with E-state index in [0.717, 1.165) is 0 Å². The van der Waals surface area contributed by atoms with Crippen molar-refractivity contribution in [1.82, 2.24) is 29.5 Å². The molecule has 2 aliphatic heterocycles. The van der Waals surface area contributed by atoms with Gasteiger partial charge in [-0.3, -0.25) is 29.0 Å². The molecule has 3 aromatic rings. The number of halogens is 1. The van der Waals surface area contributed by atoms with E-state index in [2.05, 4.69) is 30.2 Å². The molecule has 1 amide bonds. The van der Waals surface area contributed by atoms with Crippen molar-refractivity contribution in [3.63, 3.8) is 0 Å². The number of nitrogens with one attached hydrogen (secondary N) is 2. The van der Waals surface area contributed by atoms with E-state index in [-0.39, 0.29) is 36.7 Å². The second-order valence-electron chi connectivity index (χ2n) is 11.6. The molecule has 2 N–H and O–H groups in total. The number of fused-ring (bicyclic) bond motifs is 4. The summed E-state index contributed by atoms with van der Waals surface area (Å²) in [5, 5.41) is 11.7. The standard InChI is InChI=1S/C27H31FN8O10P2S/c1-14(2)24(37)34-27-33-23-21(25(38)35-27)32-13-36(23)26-22-20(28)18(44-26)11-40-47(39)45-17-9-16(43-19-4-6-30-12-31-19)8-15(17)10-42-48(49,46-22)41-7-3-5-29/h4,6,12-18,20,22,26H,3,7-11H2,1-2H3,(H-,33,34,35,37,38)/p+1/t15-,16-,17+,18-,20-,22-,26-,48?/m1/s1. The summed E-state index contributed by atoms with van der Waals surface area (Å²) in [6.45, 7) is -1.32. The molecule has 1 aliphatic carbocycles. The molecular formula is C27H32FN8O10P2S+. The summed E-state index contributed by atoms with van der Waals surface area (Å²) in [5.41, 5.74) is -0.862. The van der Waals surface area contributed by atoms with Gasteiger partial charge in [0.05, 0.1) is 32.0 Å². The van der Waals surface area contributed by atoms with E-state index in [0.29, 0.717) is 18.7 Å². The third-order valence-corrected chi connectivity index (χ3v) is 11.1. The molecule has 2 unspecified atom stereocenters. The topological polar surface area (TPSA) is 224 Å². The largest absolute Gasteiger partial charge is 0.697 e. The Kier molecular flexibility index (Phi) is 11.0. The van der Waals surface area contributed by atoms with Gasteiger partial charge in [-0.1, -0.05) is 13.8 Å². The Morgan fingerprint density at radius 1 is 1.33 bits per heavy atom. The Balaban J connectivity index is 1.30. The second kappa shape index (κ2) is 15.3. The molecule has 3 aromatic heterocycles. The molecule has 22 heteroatoms. The van der Waals surface area contributed by atoms with E-state index >= 15 is 4.39 Å². The zero-order chi connectivity index (χ0) is 34.7. The first-order valence-corrected chi connectivity index (χ1v) is 18.9. The molecule has 0 spiro atoms. The zero-order valence-electron chi connectivity index (χ0n) is 26.1. The highest BCUT2D eigenvalue weighted by molar-refractivity contribution is 8.07. The number of alkyl halides is 1. The number of imidazole rings is 1. The number of carbonyl (C=O) groups excluding carboxylic acids is 1. The van der Waals surface area contributed by atoms with Gasteiger partial charge in [-0.25, -0.2) is 19.3 Å². The number of rotatable bonds is 8. The predicted octanol–water partition coefficient (Wildman–Crippen LogP) is 3.23. The number of anilines is 1. The van der Waals surface area contributed by atoms with Crippen molar-refractivity contribution in [2.75, 3.05) is 25.1 Å². The van der Waals surface area contributed by atoms with Gasteiger partial charge in [0.2, 0.25) is 17.7 Å². The number of nitriles is 1. The van der Waals surface area contributed by atoms with Gasteiger partial charge in [-0.05, 0) is 18.2 Å². The second-order valence-corrected chi connectivity index (χ2v) is 15.5. The Bertz CT molecular complexity index is 1830. The van der Waals surface area contributed by atoms with Crippen LogP contribution in [0.5, 0.6) is 5.88 Å². The smallest absolute Gasteiger partial charge is 0.474 e. The monoisotopic (exact) mass is 741 g/mol. The summed E-state index contributed by atoms with van der Waals surface area (Å²) in [6.07, 6.45) is -2.59. The molecular weight excluding hydrogens is 709 g/mol. The predicted molar refractivity (Wildman–Crippen MR) is 169 cm³/mol. The van der Waals surface area contributed by atoms with E-state index in [4.69, 9.17) is 49.2 Å². The lowest BCUT2D eigenvalue weighted by atomic mass is 10.1. The summed E-state index contributed by atoms with van der Waals surface area (Å²) in [4.78, 5) is 44.0. The number of carbonyl (C=O) groups is 1. The molecule has 2 bridgehead atoms. The van der Waals surface area contributed by atoms with Crippen LogP contribution in [-0.4, -0.2) is 85.8 Å². The Labute approximate surface area is 284 Å². The van der Waals surface area contributed by atoms with Crippen molar-refractivity contribution in [2.45, 2.75) is 69.9 Å². The van der Waals surface area contributed by atoms with Crippen LogP contribution in [0, 0.1) is 23.2 Å². The van der Waals surface area contributed by atoms with Crippen molar-refractivity contribution in [3.05, 3.63) is 35.3 Å². The summed E-state index contributed by atoms with van der Waals surface area (Å²) in [7, 11) is -2.76. The first-order valence-electron chi connectivity index (χ1n) is 15.2. The fraction of sp³-hybridized carbons (Fsp3) is 0.593. The maximum atomic E-state index is 16.3. The first kappa shape index (κ1) is 35.5. The molecule has 18 nitrogen and oxygen atoms in total. The van der Waals surface area contributed by atoms with Crippen LogP contribution < -0.4 is 15.6 Å². The van der Waals surface area contributed by atoms with Gasteiger partial charge in [-0.2, -0.15) is 10.2 Å². The number of amides is 1. The van der Waals surface area contributed by atoms with Crippen LogP contribution in [0.25, 0.3) is 11.2 Å². The summed E-state index contributed by atoms with van der Waals surface area (Å²) in [5.74, 6) is -1.08. The fourth-order valence-electron chi connectivity index (χ4n) is 5.47. The minimum Gasteiger partial charge on any atom is -0.474 e. The number of nitrogens with zero attached hydrogens (tertiary/aromatic N) is 6. The van der Waals surface area contributed by atoms with Crippen molar-refractivity contribution >= 4 is 49.8 Å². The molecule has 3 aliphatic rings. The lowest BCUT2D eigenvalue weighted by Crippen LogP contribution is -2.32. The van der Waals surface area contributed by atoms with Crippen LogP contribution in [0.4, 0.5) is 10.3 Å². The van der Waals surface area contributed by atoms with Crippen LogP contribution in [-0.2, 0) is 48.5 Å². The van der Waals surface area contributed by atoms with E-state index in [1.165, 1.54) is 23.4 Å². The number of ether oxygens (including phenoxy) is 2. The highest BCUT2D eigenvalue weighted by Gasteiger charge is 2.53. The third-order valence-electron chi connectivity index (χ3n) is 7.89. The third kappa shape index (κ3) is 8.17. The van der Waals surface area contributed by atoms with E-state index < -0.39 is 81.7 Å². The Hall–Kier alpha value is -3.37. The lowest BCUT2D eigenvalue weighted by Gasteiger charge is -2.29. The molecule has 1 saturated carbocycles. The maximum absolute atomic E-state index is 16.3. The number of H-pyrrole nitrogens is 1. The number of aromatic nitrogens is 6. The average molecular weight is 742 g/mol. The summed E-state index contributed by atoms with van der Waals surface area (Å²) >= 11 is 5.75. The van der Waals surface area contributed by atoms with Gasteiger partial charge in [0.1, 0.15) is 37.4 Å². The van der Waals surface area contributed by atoms with Crippen LogP contribution >= 0.6 is 15.0 Å². The molecule has 0 aromatic carbocycles. The molecule has 9 atom stereocenters. The molecule has 5 heterocycles. The Morgan fingerprint density at radius 2 is 2.16 bits per heavy atom. The Morgan fingerprint density at radius 3 is 2.92 bits per heavy atom. The van der Waals surface area contributed by atoms with Crippen LogP contribution in [0.2, 0.25) is 0 Å². The molecule has 6 rings (SSSR count). The van der Waals surface area contributed by atoms with Crippen LogP contribution in [0.1, 0.15) is 39.3 Å².